The first kappa shape index (κ1) is 12.7. The van der Waals surface area contributed by atoms with Crippen molar-refractivity contribution in [3.63, 3.8) is 0 Å². The third-order valence-corrected chi connectivity index (χ3v) is 3.57. The van der Waals surface area contributed by atoms with Crippen LogP contribution in [0.2, 0.25) is 0 Å². The Kier molecular flexibility index (Phi) is 3.69. The van der Waals surface area contributed by atoms with Crippen LogP contribution < -0.4 is 5.32 Å². The highest BCUT2D eigenvalue weighted by Gasteiger charge is 2.33. The van der Waals surface area contributed by atoms with Crippen LogP contribution in [-0.4, -0.2) is 23.5 Å². The topological polar surface area (TPSA) is 79.5 Å². The summed E-state index contributed by atoms with van der Waals surface area (Å²) in [5.74, 6) is -1.03. The summed E-state index contributed by atoms with van der Waals surface area (Å²) in [6, 6.07) is 1.73. The third-order valence-electron chi connectivity index (χ3n) is 3.57. The number of hydrogen-bond donors (Lipinski definition) is 2. The number of carbonyl (C=O) groups is 2. The quantitative estimate of drug-likeness (QED) is 0.855. The Morgan fingerprint density at radius 3 is 2.89 bits per heavy atom. The molecule has 98 valence electrons. The molecule has 0 aliphatic heterocycles. The molecule has 2 unspecified atom stereocenters. The molecule has 1 aliphatic rings. The molecule has 2 N–H and O–H groups in total. The van der Waals surface area contributed by atoms with Crippen molar-refractivity contribution < 1.29 is 19.1 Å². The van der Waals surface area contributed by atoms with Crippen molar-refractivity contribution in [2.24, 2.45) is 11.8 Å². The molecule has 18 heavy (non-hydrogen) atoms. The summed E-state index contributed by atoms with van der Waals surface area (Å²) < 4.78 is 5.09. The normalized spacial score (nSPS) is 22.9. The number of carboxylic acid groups (broad SMARTS) is 1. The summed E-state index contributed by atoms with van der Waals surface area (Å²) in [6.07, 6.45) is 3.95. The van der Waals surface area contributed by atoms with Crippen molar-refractivity contribution in [2.45, 2.75) is 26.2 Å². The summed E-state index contributed by atoms with van der Waals surface area (Å²) >= 11 is 0. The molecule has 2 rings (SSSR count). The van der Waals surface area contributed by atoms with Gasteiger partial charge in [-0.05, 0) is 31.7 Å². The van der Waals surface area contributed by atoms with Crippen LogP contribution in [0.4, 0.5) is 0 Å². The maximum absolute atomic E-state index is 11.8. The monoisotopic (exact) mass is 251 g/mol. The van der Waals surface area contributed by atoms with Crippen molar-refractivity contribution in [3.8, 4) is 0 Å². The smallest absolute Gasteiger partial charge is 0.306 e. The van der Waals surface area contributed by atoms with Crippen molar-refractivity contribution in [3.05, 3.63) is 23.7 Å². The van der Waals surface area contributed by atoms with Crippen LogP contribution >= 0.6 is 0 Å². The fourth-order valence-electron chi connectivity index (χ4n) is 2.52. The highest BCUT2D eigenvalue weighted by atomic mass is 16.4. The van der Waals surface area contributed by atoms with Gasteiger partial charge >= 0.3 is 5.97 Å². The Balaban J connectivity index is 1.90. The lowest BCUT2D eigenvalue weighted by Crippen LogP contribution is -2.33. The molecule has 1 saturated carbocycles. The average molecular weight is 251 g/mol. The van der Waals surface area contributed by atoms with E-state index >= 15 is 0 Å². The molecule has 1 aliphatic carbocycles. The fraction of sp³-hybridized carbons (Fsp3) is 0.538. The molecule has 1 heterocycles. The van der Waals surface area contributed by atoms with Crippen LogP contribution in [0.25, 0.3) is 0 Å². The molecule has 1 aromatic heterocycles. The number of furan rings is 1. The first-order valence-corrected chi connectivity index (χ1v) is 6.14. The maximum atomic E-state index is 11.8. The van der Waals surface area contributed by atoms with Gasteiger partial charge < -0.3 is 14.8 Å². The number of aryl methyl sites for hydroxylation is 1. The SMILES string of the molecule is Cc1ccoc1C(=O)NCC1CCCC1C(=O)O. The van der Waals surface area contributed by atoms with Gasteiger partial charge in [0.25, 0.3) is 5.91 Å². The van der Waals surface area contributed by atoms with E-state index in [2.05, 4.69) is 5.32 Å². The predicted octanol–water partition coefficient (Wildman–Crippen LogP) is 1.82. The number of amides is 1. The Bertz CT molecular complexity index is 452. The lowest BCUT2D eigenvalue weighted by atomic mass is 9.96. The molecule has 5 heteroatoms. The molecule has 0 radical (unpaired) electrons. The van der Waals surface area contributed by atoms with Gasteiger partial charge in [0.05, 0.1) is 12.2 Å². The average Bonchev–Trinajstić information content (AvgIpc) is 2.94. The summed E-state index contributed by atoms with van der Waals surface area (Å²) in [4.78, 5) is 22.8. The van der Waals surface area contributed by atoms with E-state index in [1.54, 1.807) is 13.0 Å². The van der Waals surface area contributed by atoms with Gasteiger partial charge in [0, 0.05) is 12.1 Å². The van der Waals surface area contributed by atoms with Crippen molar-refractivity contribution in [2.75, 3.05) is 6.54 Å². The van der Waals surface area contributed by atoms with E-state index in [0.29, 0.717) is 18.7 Å². The van der Waals surface area contributed by atoms with E-state index in [0.717, 1.165) is 18.4 Å². The summed E-state index contributed by atoms with van der Waals surface area (Å²) in [7, 11) is 0. The zero-order chi connectivity index (χ0) is 13.1. The van der Waals surface area contributed by atoms with E-state index in [1.165, 1.54) is 6.26 Å². The minimum atomic E-state index is -0.763. The molecule has 0 bridgehead atoms. The molecule has 2 atom stereocenters. The molecule has 0 saturated heterocycles. The van der Waals surface area contributed by atoms with E-state index in [9.17, 15) is 9.59 Å². The van der Waals surface area contributed by atoms with Gasteiger partial charge in [-0.15, -0.1) is 0 Å². The van der Waals surface area contributed by atoms with Gasteiger partial charge in [0.15, 0.2) is 5.76 Å². The molecular weight excluding hydrogens is 234 g/mol. The molecule has 5 nitrogen and oxygen atoms in total. The van der Waals surface area contributed by atoms with Gasteiger partial charge in [0.2, 0.25) is 0 Å². The highest BCUT2D eigenvalue weighted by Crippen LogP contribution is 2.31. The van der Waals surface area contributed by atoms with E-state index in [-0.39, 0.29) is 17.7 Å². The van der Waals surface area contributed by atoms with Crippen molar-refractivity contribution >= 4 is 11.9 Å². The molecule has 1 fully saturated rings. The molecular formula is C13H17NO4. The number of carboxylic acids is 1. The van der Waals surface area contributed by atoms with E-state index in [1.807, 2.05) is 0 Å². The minimum Gasteiger partial charge on any atom is -0.481 e. The maximum Gasteiger partial charge on any atom is 0.306 e. The van der Waals surface area contributed by atoms with Crippen LogP contribution in [-0.2, 0) is 4.79 Å². The fourth-order valence-corrected chi connectivity index (χ4v) is 2.52. The second-order valence-corrected chi connectivity index (χ2v) is 4.78. The minimum absolute atomic E-state index is 0.0294. The van der Waals surface area contributed by atoms with Crippen LogP contribution in [0, 0.1) is 18.8 Å². The van der Waals surface area contributed by atoms with E-state index < -0.39 is 5.97 Å². The molecule has 1 aromatic rings. The summed E-state index contributed by atoms with van der Waals surface area (Å²) in [6.45, 7) is 2.20. The Morgan fingerprint density at radius 2 is 2.28 bits per heavy atom. The number of hydrogen-bond acceptors (Lipinski definition) is 3. The number of aliphatic carboxylic acids is 1. The number of carbonyl (C=O) groups excluding carboxylic acids is 1. The van der Waals surface area contributed by atoms with Crippen LogP contribution in [0.15, 0.2) is 16.7 Å². The van der Waals surface area contributed by atoms with Gasteiger partial charge in [0.1, 0.15) is 0 Å². The first-order chi connectivity index (χ1) is 8.59. The van der Waals surface area contributed by atoms with Gasteiger partial charge in [-0.1, -0.05) is 6.42 Å². The summed E-state index contributed by atoms with van der Waals surface area (Å²) in [5.41, 5.74) is 0.786. The zero-order valence-electron chi connectivity index (χ0n) is 10.3. The van der Waals surface area contributed by atoms with Gasteiger partial charge in [-0.2, -0.15) is 0 Å². The molecule has 1 amide bonds. The second-order valence-electron chi connectivity index (χ2n) is 4.78. The van der Waals surface area contributed by atoms with Crippen molar-refractivity contribution in [1.82, 2.24) is 5.32 Å². The number of rotatable bonds is 4. The van der Waals surface area contributed by atoms with Gasteiger partial charge in [-0.3, -0.25) is 9.59 Å². The Hall–Kier alpha value is -1.78. The lowest BCUT2D eigenvalue weighted by Gasteiger charge is -2.15. The second kappa shape index (κ2) is 5.25. The van der Waals surface area contributed by atoms with Crippen LogP contribution in [0.3, 0.4) is 0 Å². The third kappa shape index (κ3) is 2.55. The van der Waals surface area contributed by atoms with Gasteiger partial charge in [-0.25, -0.2) is 0 Å². The standard InChI is InChI=1S/C13H17NO4/c1-8-5-6-18-11(8)12(15)14-7-9-3-2-4-10(9)13(16)17/h5-6,9-10H,2-4,7H2,1H3,(H,14,15)(H,16,17). The van der Waals surface area contributed by atoms with Crippen molar-refractivity contribution in [1.29, 1.82) is 0 Å². The predicted molar refractivity (Wildman–Crippen MR) is 64.2 cm³/mol. The summed E-state index contributed by atoms with van der Waals surface area (Å²) in [5, 5.41) is 11.8. The largest absolute Gasteiger partial charge is 0.481 e. The Labute approximate surface area is 105 Å². The van der Waals surface area contributed by atoms with Crippen LogP contribution in [0.1, 0.15) is 35.4 Å². The Morgan fingerprint density at radius 1 is 1.50 bits per heavy atom. The van der Waals surface area contributed by atoms with Crippen LogP contribution in [0.5, 0.6) is 0 Å². The molecule has 0 spiro atoms. The van der Waals surface area contributed by atoms with E-state index in [4.69, 9.17) is 9.52 Å². The molecule has 0 aromatic carbocycles. The zero-order valence-corrected chi connectivity index (χ0v) is 10.3. The highest BCUT2D eigenvalue weighted by molar-refractivity contribution is 5.92. The first-order valence-electron chi connectivity index (χ1n) is 6.14. The lowest BCUT2D eigenvalue weighted by molar-refractivity contribution is -0.142. The number of nitrogens with one attached hydrogen (secondary N) is 1.